The van der Waals surface area contributed by atoms with Crippen molar-refractivity contribution in [2.45, 2.75) is 38.2 Å². The highest BCUT2D eigenvalue weighted by Crippen LogP contribution is 2.29. The maximum atomic E-state index is 10.1. The summed E-state index contributed by atoms with van der Waals surface area (Å²) in [5.74, 6) is 3.18. The fourth-order valence-electron chi connectivity index (χ4n) is 1.89. The van der Waals surface area contributed by atoms with Crippen molar-refractivity contribution < 1.29 is 5.11 Å². The Kier molecular flexibility index (Phi) is 5.13. The number of hydrogen-bond acceptors (Lipinski definition) is 2. The smallest absolute Gasteiger partial charge is 0.192 e. The SMILES string of the molecule is C#CCNC(=NCC1(O)CCCC1)NCC. The zero-order valence-corrected chi connectivity index (χ0v) is 9.92. The predicted molar refractivity (Wildman–Crippen MR) is 66.2 cm³/mol. The monoisotopic (exact) mass is 223 g/mol. The van der Waals surface area contributed by atoms with Gasteiger partial charge in [-0.15, -0.1) is 6.42 Å². The first-order chi connectivity index (χ1) is 7.70. The quantitative estimate of drug-likeness (QED) is 0.369. The minimum atomic E-state index is -0.599. The maximum Gasteiger partial charge on any atom is 0.192 e. The van der Waals surface area contributed by atoms with Gasteiger partial charge in [-0.25, -0.2) is 0 Å². The molecular weight excluding hydrogens is 202 g/mol. The van der Waals surface area contributed by atoms with Crippen LogP contribution in [0.3, 0.4) is 0 Å². The average Bonchev–Trinajstić information content (AvgIpc) is 2.70. The van der Waals surface area contributed by atoms with E-state index in [1.165, 1.54) is 0 Å². The second kappa shape index (κ2) is 6.39. The molecule has 0 heterocycles. The first kappa shape index (κ1) is 12.9. The zero-order valence-electron chi connectivity index (χ0n) is 9.92. The van der Waals surface area contributed by atoms with Gasteiger partial charge in [0.25, 0.3) is 0 Å². The van der Waals surface area contributed by atoms with Crippen molar-refractivity contribution in [2.75, 3.05) is 19.6 Å². The minimum absolute atomic E-state index is 0.449. The van der Waals surface area contributed by atoms with Gasteiger partial charge in [-0.3, -0.25) is 4.99 Å². The van der Waals surface area contributed by atoms with Gasteiger partial charge in [0.05, 0.1) is 18.7 Å². The summed E-state index contributed by atoms with van der Waals surface area (Å²) in [6, 6.07) is 0. The van der Waals surface area contributed by atoms with Gasteiger partial charge in [0.2, 0.25) is 0 Å². The topological polar surface area (TPSA) is 56.7 Å². The normalized spacial score (nSPS) is 19.2. The summed E-state index contributed by atoms with van der Waals surface area (Å²) in [6.45, 7) is 3.68. The molecule has 0 atom stereocenters. The molecular formula is C12H21N3O. The Morgan fingerprint density at radius 1 is 1.44 bits per heavy atom. The van der Waals surface area contributed by atoms with Crippen molar-refractivity contribution in [3.63, 3.8) is 0 Å². The Balaban J connectivity index is 2.46. The lowest BCUT2D eigenvalue weighted by atomic mass is 10.0. The van der Waals surface area contributed by atoms with Crippen molar-refractivity contribution >= 4 is 5.96 Å². The third-order valence-electron chi connectivity index (χ3n) is 2.77. The lowest BCUT2D eigenvalue weighted by Gasteiger charge is -2.20. The summed E-state index contributed by atoms with van der Waals surface area (Å²) >= 11 is 0. The van der Waals surface area contributed by atoms with E-state index in [1.807, 2.05) is 6.92 Å². The van der Waals surface area contributed by atoms with E-state index in [0.717, 1.165) is 32.2 Å². The molecule has 3 N–H and O–H groups in total. The highest BCUT2D eigenvalue weighted by atomic mass is 16.3. The number of hydrogen-bond donors (Lipinski definition) is 3. The number of nitrogens with one attached hydrogen (secondary N) is 2. The van der Waals surface area contributed by atoms with Crippen LogP contribution in [0.2, 0.25) is 0 Å². The van der Waals surface area contributed by atoms with E-state index in [4.69, 9.17) is 6.42 Å². The number of terminal acetylenes is 1. The molecule has 90 valence electrons. The fourth-order valence-corrected chi connectivity index (χ4v) is 1.89. The molecule has 0 aromatic heterocycles. The number of guanidine groups is 1. The number of nitrogens with zero attached hydrogens (tertiary/aromatic N) is 1. The van der Waals surface area contributed by atoms with Gasteiger partial charge in [0.1, 0.15) is 0 Å². The summed E-state index contributed by atoms with van der Waals surface area (Å²) in [5, 5.41) is 16.2. The van der Waals surface area contributed by atoms with Crippen molar-refractivity contribution in [3.8, 4) is 12.3 Å². The Hall–Kier alpha value is -1.21. The molecule has 16 heavy (non-hydrogen) atoms. The van der Waals surface area contributed by atoms with Crippen LogP contribution in [0.5, 0.6) is 0 Å². The van der Waals surface area contributed by atoms with Gasteiger partial charge < -0.3 is 15.7 Å². The lowest BCUT2D eigenvalue weighted by molar-refractivity contribution is 0.0574. The molecule has 1 saturated carbocycles. The van der Waals surface area contributed by atoms with Crippen LogP contribution in [0.25, 0.3) is 0 Å². The van der Waals surface area contributed by atoms with E-state index in [2.05, 4.69) is 21.5 Å². The van der Waals surface area contributed by atoms with E-state index in [9.17, 15) is 5.11 Å². The van der Waals surface area contributed by atoms with Crippen LogP contribution in [0.15, 0.2) is 4.99 Å². The Labute approximate surface area is 97.5 Å². The third-order valence-corrected chi connectivity index (χ3v) is 2.77. The van der Waals surface area contributed by atoms with Gasteiger partial charge in [0.15, 0.2) is 5.96 Å². The number of aliphatic imine (C=N–C) groups is 1. The Morgan fingerprint density at radius 3 is 2.69 bits per heavy atom. The van der Waals surface area contributed by atoms with Gasteiger partial charge in [0, 0.05) is 6.54 Å². The van der Waals surface area contributed by atoms with Crippen LogP contribution in [0.1, 0.15) is 32.6 Å². The lowest BCUT2D eigenvalue weighted by Crippen LogP contribution is -2.39. The summed E-state index contributed by atoms with van der Waals surface area (Å²) in [6.07, 6.45) is 9.07. The van der Waals surface area contributed by atoms with E-state index in [1.54, 1.807) is 0 Å². The summed E-state index contributed by atoms with van der Waals surface area (Å²) in [7, 11) is 0. The van der Waals surface area contributed by atoms with Crippen LogP contribution in [-0.4, -0.2) is 36.3 Å². The molecule has 0 bridgehead atoms. The number of rotatable bonds is 4. The molecule has 0 unspecified atom stereocenters. The van der Waals surface area contributed by atoms with Crippen LogP contribution >= 0.6 is 0 Å². The van der Waals surface area contributed by atoms with Crippen molar-refractivity contribution in [1.29, 1.82) is 0 Å². The van der Waals surface area contributed by atoms with E-state index < -0.39 is 5.60 Å². The Morgan fingerprint density at radius 2 is 2.12 bits per heavy atom. The van der Waals surface area contributed by atoms with Crippen LogP contribution in [0.4, 0.5) is 0 Å². The zero-order chi connectivity index (χ0) is 11.9. The van der Waals surface area contributed by atoms with Crippen molar-refractivity contribution in [1.82, 2.24) is 10.6 Å². The molecule has 0 radical (unpaired) electrons. The minimum Gasteiger partial charge on any atom is -0.388 e. The van der Waals surface area contributed by atoms with Crippen molar-refractivity contribution in [3.05, 3.63) is 0 Å². The van der Waals surface area contributed by atoms with Gasteiger partial charge in [-0.1, -0.05) is 18.8 Å². The van der Waals surface area contributed by atoms with Gasteiger partial charge >= 0.3 is 0 Å². The molecule has 0 aromatic rings. The molecule has 0 aromatic carbocycles. The predicted octanol–water partition coefficient (Wildman–Crippen LogP) is 0.480. The summed E-state index contributed by atoms with van der Waals surface area (Å²) in [5.41, 5.74) is -0.599. The molecule has 0 amide bonds. The summed E-state index contributed by atoms with van der Waals surface area (Å²) in [4.78, 5) is 4.35. The molecule has 1 fully saturated rings. The summed E-state index contributed by atoms with van der Waals surface area (Å²) < 4.78 is 0. The standard InChI is InChI=1S/C12H21N3O/c1-3-9-14-11(13-4-2)15-10-12(16)7-5-6-8-12/h1,16H,4-10H2,2H3,(H2,13,14,15). The molecule has 1 aliphatic carbocycles. The first-order valence-corrected chi connectivity index (χ1v) is 5.88. The fraction of sp³-hybridized carbons (Fsp3) is 0.750. The molecule has 0 aliphatic heterocycles. The first-order valence-electron chi connectivity index (χ1n) is 5.88. The van der Waals surface area contributed by atoms with Crippen LogP contribution in [-0.2, 0) is 0 Å². The van der Waals surface area contributed by atoms with Gasteiger partial charge in [-0.2, -0.15) is 0 Å². The molecule has 0 spiro atoms. The largest absolute Gasteiger partial charge is 0.388 e. The third kappa shape index (κ3) is 4.11. The molecule has 1 aliphatic rings. The Bertz CT molecular complexity index is 274. The number of aliphatic hydroxyl groups is 1. The van der Waals surface area contributed by atoms with E-state index in [-0.39, 0.29) is 0 Å². The van der Waals surface area contributed by atoms with Crippen LogP contribution < -0.4 is 10.6 Å². The van der Waals surface area contributed by atoms with Gasteiger partial charge in [-0.05, 0) is 19.8 Å². The average molecular weight is 223 g/mol. The highest BCUT2D eigenvalue weighted by Gasteiger charge is 2.30. The van der Waals surface area contributed by atoms with E-state index in [0.29, 0.717) is 19.0 Å². The van der Waals surface area contributed by atoms with E-state index >= 15 is 0 Å². The molecule has 0 saturated heterocycles. The maximum absolute atomic E-state index is 10.1. The second-order valence-corrected chi connectivity index (χ2v) is 4.18. The second-order valence-electron chi connectivity index (χ2n) is 4.18. The van der Waals surface area contributed by atoms with Crippen molar-refractivity contribution in [2.24, 2.45) is 4.99 Å². The molecule has 1 rings (SSSR count). The molecule has 4 nitrogen and oxygen atoms in total. The van der Waals surface area contributed by atoms with Crippen LogP contribution in [0, 0.1) is 12.3 Å². The highest BCUT2D eigenvalue weighted by molar-refractivity contribution is 5.80. The molecule has 4 heteroatoms.